The van der Waals surface area contributed by atoms with Crippen molar-refractivity contribution in [1.82, 2.24) is 10.3 Å². The summed E-state index contributed by atoms with van der Waals surface area (Å²) < 4.78 is 0. The summed E-state index contributed by atoms with van der Waals surface area (Å²) in [6.07, 6.45) is 0. The molecule has 0 radical (unpaired) electrons. The van der Waals surface area contributed by atoms with Gasteiger partial charge in [0.15, 0.2) is 0 Å². The minimum atomic E-state index is 0.859. The molecule has 1 N–H and O–H groups in total. The van der Waals surface area contributed by atoms with Crippen LogP contribution in [0.3, 0.4) is 0 Å². The molecule has 0 aliphatic rings. The lowest BCUT2D eigenvalue weighted by molar-refractivity contribution is 0.813. The second-order valence-electron chi connectivity index (χ2n) is 4.90. The van der Waals surface area contributed by atoms with E-state index in [2.05, 4.69) is 65.6 Å². The monoisotopic (exact) mass is 255 g/mol. The van der Waals surface area contributed by atoms with Crippen LogP contribution in [0.5, 0.6) is 0 Å². The first-order valence-corrected chi connectivity index (χ1v) is 6.52. The van der Waals surface area contributed by atoms with Gasteiger partial charge in [-0.05, 0) is 56.3 Å². The fourth-order valence-electron chi connectivity index (χ4n) is 2.17. The van der Waals surface area contributed by atoms with E-state index in [1.54, 1.807) is 0 Å². The second-order valence-corrected chi connectivity index (χ2v) is 4.90. The minimum Gasteiger partial charge on any atom is -0.329 e. The Hall–Kier alpha value is -1.87. The summed E-state index contributed by atoms with van der Waals surface area (Å²) in [5.41, 5.74) is 4.72. The molecule has 0 atom stereocenters. The molecule has 1 heterocycles. The average Bonchev–Trinajstić information content (AvgIpc) is 2.37. The fourth-order valence-corrected chi connectivity index (χ4v) is 2.17. The first-order chi connectivity index (χ1) is 9.10. The molecular formula is C16H21N3. The lowest BCUT2D eigenvalue weighted by atomic mass is 10.2. The summed E-state index contributed by atoms with van der Waals surface area (Å²) in [6.45, 7) is 5.00. The zero-order chi connectivity index (χ0) is 13.8. The molecule has 0 fully saturated rings. The SMILES string of the molecule is CNCc1cc(C)nc(N(C)c2cccc(C)c2)c1. The number of pyridine rings is 1. The predicted molar refractivity (Wildman–Crippen MR) is 81.0 cm³/mol. The Morgan fingerprint density at radius 3 is 2.63 bits per heavy atom. The quantitative estimate of drug-likeness (QED) is 0.909. The van der Waals surface area contributed by atoms with Gasteiger partial charge in [-0.2, -0.15) is 0 Å². The number of hydrogen-bond acceptors (Lipinski definition) is 3. The third-order valence-corrected chi connectivity index (χ3v) is 3.11. The summed E-state index contributed by atoms with van der Waals surface area (Å²) in [4.78, 5) is 6.74. The number of aryl methyl sites for hydroxylation is 2. The van der Waals surface area contributed by atoms with Gasteiger partial charge in [-0.1, -0.05) is 12.1 Å². The Kier molecular flexibility index (Phi) is 4.17. The lowest BCUT2D eigenvalue weighted by Crippen LogP contribution is -2.13. The second kappa shape index (κ2) is 5.85. The fraction of sp³-hybridized carbons (Fsp3) is 0.312. The molecule has 0 amide bonds. The van der Waals surface area contributed by atoms with Gasteiger partial charge in [-0.25, -0.2) is 4.98 Å². The number of anilines is 2. The molecule has 0 aliphatic heterocycles. The highest BCUT2D eigenvalue weighted by atomic mass is 15.2. The summed E-state index contributed by atoms with van der Waals surface area (Å²) >= 11 is 0. The molecule has 0 aliphatic carbocycles. The topological polar surface area (TPSA) is 28.2 Å². The standard InChI is InChI=1S/C16H21N3/c1-12-6-5-7-15(8-12)19(4)16-10-14(11-17-3)9-13(2)18-16/h5-10,17H,11H2,1-4H3. The number of benzene rings is 1. The van der Waals surface area contributed by atoms with Gasteiger partial charge in [0.2, 0.25) is 0 Å². The van der Waals surface area contributed by atoms with E-state index in [4.69, 9.17) is 0 Å². The lowest BCUT2D eigenvalue weighted by Gasteiger charge is -2.20. The third kappa shape index (κ3) is 3.32. The predicted octanol–water partition coefficient (Wildman–Crippen LogP) is 3.19. The van der Waals surface area contributed by atoms with E-state index in [1.807, 2.05) is 14.0 Å². The molecule has 3 heteroatoms. The minimum absolute atomic E-state index is 0.859. The number of aromatic nitrogens is 1. The van der Waals surface area contributed by atoms with Gasteiger partial charge in [0.25, 0.3) is 0 Å². The maximum atomic E-state index is 4.62. The van der Waals surface area contributed by atoms with E-state index in [0.29, 0.717) is 0 Å². The molecule has 3 nitrogen and oxygen atoms in total. The van der Waals surface area contributed by atoms with Crippen molar-refractivity contribution in [3.63, 3.8) is 0 Å². The molecule has 0 saturated carbocycles. The third-order valence-electron chi connectivity index (χ3n) is 3.11. The van der Waals surface area contributed by atoms with Gasteiger partial charge in [0.05, 0.1) is 0 Å². The van der Waals surface area contributed by atoms with Crippen LogP contribution in [0, 0.1) is 13.8 Å². The van der Waals surface area contributed by atoms with Crippen LogP contribution in [-0.4, -0.2) is 19.1 Å². The molecule has 2 rings (SSSR count). The summed E-state index contributed by atoms with van der Waals surface area (Å²) in [7, 11) is 4.01. The average molecular weight is 255 g/mol. The molecule has 0 unspecified atom stereocenters. The van der Waals surface area contributed by atoms with Gasteiger partial charge in [0, 0.05) is 25.0 Å². The van der Waals surface area contributed by atoms with Gasteiger partial charge in [-0.3, -0.25) is 0 Å². The van der Waals surface area contributed by atoms with Gasteiger partial charge in [-0.15, -0.1) is 0 Å². The van der Waals surface area contributed by atoms with E-state index in [0.717, 1.165) is 23.7 Å². The Morgan fingerprint density at radius 1 is 1.16 bits per heavy atom. The molecule has 0 spiro atoms. The molecule has 0 saturated heterocycles. The Balaban J connectivity index is 2.35. The Bertz CT molecular complexity index is 564. The van der Waals surface area contributed by atoms with Crippen LogP contribution in [0.4, 0.5) is 11.5 Å². The van der Waals surface area contributed by atoms with E-state index >= 15 is 0 Å². The first-order valence-electron chi connectivity index (χ1n) is 6.52. The normalized spacial score (nSPS) is 10.5. The zero-order valence-electron chi connectivity index (χ0n) is 12.1. The molecule has 19 heavy (non-hydrogen) atoms. The largest absolute Gasteiger partial charge is 0.329 e. The van der Waals surface area contributed by atoms with Crippen LogP contribution in [0.25, 0.3) is 0 Å². The first kappa shape index (κ1) is 13.6. The Morgan fingerprint density at radius 2 is 1.95 bits per heavy atom. The highest BCUT2D eigenvalue weighted by molar-refractivity contribution is 5.60. The van der Waals surface area contributed by atoms with Crippen molar-refractivity contribution >= 4 is 11.5 Å². The highest BCUT2D eigenvalue weighted by Crippen LogP contribution is 2.23. The van der Waals surface area contributed by atoms with Crippen LogP contribution in [0.15, 0.2) is 36.4 Å². The number of nitrogens with zero attached hydrogens (tertiary/aromatic N) is 2. The number of rotatable bonds is 4. The van der Waals surface area contributed by atoms with Crippen molar-refractivity contribution in [2.45, 2.75) is 20.4 Å². The van der Waals surface area contributed by atoms with Gasteiger partial charge in [0.1, 0.15) is 5.82 Å². The van der Waals surface area contributed by atoms with Crippen molar-refractivity contribution in [2.24, 2.45) is 0 Å². The molecule has 2 aromatic rings. The highest BCUT2D eigenvalue weighted by Gasteiger charge is 2.07. The molecule has 1 aromatic heterocycles. The van der Waals surface area contributed by atoms with Crippen molar-refractivity contribution in [3.8, 4) is 0 Å². The number of nitrogens with one attached hydrogen (secondary N) is 1. The van der Waals surface area contributed by atoms with Crippen molar-refractivity contribution in [1.29, 1.82) is 0 Å². The van der Waals surface area contributed by atoms with E-state index in [-0.39, 0.29) is 0 Å². The molecular weight excluding hydrogens is 234 g/mol. The van der Waals surface area contributed by atoms with E-state index in [9.17, 15) is 0 Å². The van der Waals surface area contributed by atoms with Crippen LogP contribution in [0.1, 0.15) is 16.8 Å². The van der Waals surface area contributed by atoms with Gasteiger partial charge < -0.3 is 10.2 Å². The smallest absolute Gasteiger partial charge is 0.133 e. The van der Waals surface area contributed by atoms with Gasteiger partial charge >= 0.3 is 0 Å². The summed E-state index contributed by atoms with van der Waals surface area (Å²) in [5.74, 6) is 0.982. The summed E-state index contributed by atoms with van der Waals surface area (Å²) in [6, 6.07) is 12.7. The van der Waals surface area contributed by atoms with Crippen LogP contribution in [0.2, 0.25) is 0 Å². The maximum Gasteiger partial charge on any atom is 0.133 e. The van der Waals surface area contributed by atoms with E-state index < -0.39 is 0 Å². The molecule has 1 aromatic carbocycles. The molecule has 100 valence electrons. The summed E-state index contributed by atoms with van der Waals surface area (Å²) in [5, 5.41) is 3.18. The van der Waals surface area contributed by atoms with Crippen molar-refractivity contribution in [3.05, 3.63) is 53.2 Å². The number of hydrogen-bond donors (Lipinski definition) is 1. The van der Waals surface area contributed by atoms with Crippen molar-refractivity contribution in [2.75, 3.05) is 19.0 Å². The maximum absolute atomic E-state index is 4.62. The van der Waals surface area contributed by atoms with E-state index in [1.165, 1.54) is 11.1 Å². The van der Waals surface area contributed by atoms with Crippen LogP contribution < -0.4 is 10.2 Å². The molecule has 0 bridgehead atoms. The van der Waals surface area contributed by atoms with Crippen LogP contribution in [-0.2, 0) is 6.54 Å². The Labute approximate surface area is 115 Å². The zero-order valence-corrected chi connectivity index (χ0v) is 12.1. The van der Waals surface area contributed by atoms with Crippen molar-refractivity contribution < 1.29 is 0 Å². The van der Waals surface area contributed by atoms with Crippen LogP contribution >= 0.6 is 0 Å².